The zero-order valence-electron chi connectivity index (χ0n) is 20.6. The zero-order valence-corrected chi connectivity index (χ0v) is 20.6. The van der Waals surface area contributed by atoms with Crippen LogP contribution in [-0.4, -0.2) is 28.7 Å². The highest BCUT2D eigenvalue weighted by Gasteiger charge is 2.27. The monoisotopic (exact) mass is 486 g/mol. The number of aromatic nitrogens is 1. The Hall–Kier alpha value is -4.13. The van der Waals surface area contributed by atoms with Gasteiger partial charge < -0.3 is 20.9 Å². The highest BCUT2D eigenvalue weighted by molar-refractivity contribution is 6.35. The lowest BCUT2D eigenvalue weighted by Gasteiger charge is -2.14. The first-order valence-corrected chi connectivity index (χ1v) is 11.7. The maximum atomic E-state index is 13.0. The molecule has 1 aromatic heterocycles. The molecule has 0 bridgehead atoms. The first-order chi connectivity index (χ1) is 16.7. The minimum absolute atomic E-state index is 0. The van der Waals surface area contributed by atoms with Crippen LogP contribution in [0.4, 0.5) is 5.69 Å². The molecule has 7 nitrogen and oxygen atoms in total. The molecule has 3 amide bonds. The van der Waals surface area contributed by atoms with Crippen molar-refractivity contribution in [2.24, 2.45) is 0 Å². The molecule has 3 aromatic rings. The van der Waals surface area contributed by atoms with Crippen molar-refractivity contribution in [1.82, 2.24) is 15.6 Å². The number of amides is 3. The minimum atomic E-state index is -0.255. The van der Waals surface area contributed by atoms with E-state index in [1.54, 1.807) is 24.3 Å². The van der Waals surface area contributed by atoms with Crippen LogP contribution in [0.25, 0.3) is 11.6 Å². The van der Waals surface area contributed by atoms with Gasteiger partial charge in [0.25, 0.3) is 17.7 Å². The molecule has 4 N–H and O–H groups in total. The quantitative estimate of drug-likeness (QED) is 0.351. The first-order valence-electron chi connectivity index (χ1n) is 11.7. The van der Waals surface area contributed by atoms with Gasteiger partial charge in [-0.05, 0) is 70.0 Å². The van der Waals surface area contributed by atoms with Crippen LogP contribution in [0.1, 0.15) is 83.0 Å². The summed E-state index contributed by atoms with van der Waals surface area (Å²) in [6.45, 7) is 9.44. The summed E-state index contributed by atoms with van der Waals surface area (Å²) in [5, 5.41) is 8.79. The lowest BCUT2D eigenvalue weighted by molar-refractivity contribution is -0.110. The van der Waals surface area contributed by atoms with E-state index in [2.05, 4.69) is 20.9 Å². The van der Waals surface area contributed by atoms with Crippen molar-refractivity contribution < 1.29 is 14.4 Å². The number of rotatable bonds is 6. The molecule has 0 radical (unpaired) electrons. The third-order valence-electron chi connectivity index (χ3n) is 6.12. The molecule has 0 fully saturated rings. The van der Waals surface area contributed by atoms with Gasteiger partial charge in [0.15, 0.2) is 0 Å². The second-order valence-corrected chi connectivity index (χ2v) is 9.17. The van der Waals surface area contributed by atoms with E-state index in [-0.39, 0.29) is 37.2 Å². The average molecular weight is 487 g/mol. The first kappa shape index (κ1) is 26.5. The maximum absolute atomic E-state index is 13.0. The van der Waals surface area contributed by atoms with E-state index in [9.17, 15) is 14.4 Å². The molecule has 7 heteroatoms. The normalized spacial score (nSPS) is 14.2. The van der Waals surface area contributed by atoms with Gasteiger partial charge in [-0.2, -0.15) is 0 Å². The molecule has 1 unspecified atom stereocenters. The topological polar surface area (TPSA) is 103 Å². The molecule has 1 aliphatic rings. The fraction of sp³-hybridized carbons (Fsp3) is 0.276. The van der Waals surface area contributed by atoms with Gasteiger partial charge in [-0.1, -0.05) is 37.8 Å². The Morgan fingerprint density at radius 2 is 1.64 bits per heavy atom. The van der Waals surface area contributed by atoms with Crippen molar-refractivity contribution >= 4 is 35.1 Å². The van der Waals surface area contributed by atoms with Crippen LogP contribution in [0.15, 0.2) is 48.5 Å². The van der Waals surface area contributed by atoms with Gasteiger partial charge in [-0.25, -0.2) is 0 Å². The fourth-order valence-corrected chi connectivity index (χ4v) is 4.32. The number of hydrogen-bond donors (Lipinski definition) is 4. The molecule has 1 aliphatic heterocycles. The Morgan fingerprint density at radius 3 is 2.31 bits per heavy atom. The predicted octanol–water partition coefficient (Wildman–Crippen LogP) is 5.39. The Morgan fingerprint density at radius 1 is 0.944 bits per heavy atom. The Bertz CT molecular complexity index is 1340. The largest absolute Gasteiger partial charge is 0.358 e. The number of nitrogens with one attached hydrogen (secondary N) is 4. The van der Waals surface area contributed by atoms with E-state index in [0.29, 0.717) is 33.6 Å². The molecular weight excluding hydrogens is 452 g/mol. The molecule has 1 atom stereocenters. The molecular formula is C29H34N4O3. The van der Waals surface area contributed by atoms with Gasteiger partial charge in [0.1, 0.15) is 0 Å². The second-order valence-electron chi connectivity index (χ2n) is 9.17. The highest BCUT2D eigenvalue weighted by atomic mass is 16.2. The van der Waals surface area contributed by atoms with Crippen LogP contribution in [0.3, 0.4) is 0 Å². The minimum Gasteiger partial charge on any atom is -0.358 e. The van der Waals surface area contributed by atoms with E-state index < -0.39 is 0 Å². The lowest BCUT2D eigenvalue weighted by Crippen LogP contribution is -2.30. The lowest BCUT2D eigenvalue weighted by atomic mass is 10.0. The van der Waals surface area contributed by atoms with Gasteiger partial charge in [-0.15, -0.1) is 0 Å². The van der Waals surface area contributed by atoms with E-state index in [4.69, 9.17) is 0 Å². The van der Waals surface area contributed by atoms with Crippen molar-refractivity contribution in [3.63, 3.8) is 0 Å². The smallest absolute Gasteiger partial charge is 0.256 e. The van der Waals surface area contributed by atoms with Crippen LogP contribution in [0, 0.1) is 13.8 Å². The van der Waals surface area contributed by atoms with Crippen LogP contribution < -0.4 is 16.0 Å². The summed E-state index contributed by atoms with van der Waals surface area (Å²) in [4.78, 5) is 41.6. The maximum Gasteiger partial charge on any atom is 0.256 e. The Kier molecular flexibility index (Phi) is 7.83. The third-order valence-corrected chi connectivity index (χ3v) is 6.12. The summed E-state index contributed by atoms with van der Waals surface area (Å²) < 4.78 is 0. The summed E-state index contributed by atoms with van der Waals surface area (Å²) >= 11 is 0. The van der Waals surface area contributed by atoms with Gasteiger partial charge in [-0.3, -0.25) is 14.4 Å². The summed E-state index contributed by atoms with van der Waals surface area (Å²) in [5.74, 6) is -0.629. The van der Waals surface area contributed by atoms with Crippen LogP contribution in [0.2, 0.25) is 0 Å². The number of carbonyl (C=O) groups is 3. The number of carbonyl (C=O) groups excluding carboxylic acids is 3. The second kappa shape index (κ2) is 10.6. The summed E-state index contributed by atoms with van der Waals surface area (Å²) in [7, 11) is 0. The van der Waals surface area contributed by atoms with Gasteiger partial charge in [0.05, 0.1) is 17.2 Å². The molecule has 0 saturated heterocycles. The molecule has 4 rings (SSSR count). The highest BCUT2D eigenvalue weighted by Crippen LogP contribution is 2.35. The van der Waals surface area contributed by atoms with Crippen molar-refractivity contribution in [2.75, 3.05) is 5.32 Å². The van der Waals surface area contributed by atoms with Crippen LogP contribution in [0.5, 0.6) is 0 Å². The van der Waals surface area contributed by atoms with Crippen molar-refractivity contribution in [3.8, 4) is 0 Å². The fourth-order valence-electron chi connectivity index (χ4n) is 4.32. The summed E-state index contributed by atoms with van der Waals surface area (Å²) in [6, 6.07) is 14.8. The molecule has 2 aromatic carbocycles. The van der Waals surface area contributed by atoms with Gasteiger partial charge in [0, 0.05) is 34.2 Å². The Labute approximate surface area is 212 Å². The molecule has 0 aliphatic carbocycles. The van der Waals surface area contributed by atoms with Crippen molar-refractivity contribution in [3.05, 3.63) is 87.7 Å². The SMILES string of the molecule is C.Cc1[nH]c(/C=C2\C(=O)Nc3ccc(C(=O)NC(C)c4ccccc4)cc32)c(C)c1C(=O)NC(C)C. The Balaban J connectivity index is 0.00000361. The average Bonchev–Trinajstić information content (AvgIpc) is 3.28. The number of aromatic amines is 1. The molecule has 0 saturated carbocycles. The predicted molar refractivity (Wildman–Crippen MR) is 145 cm³/mol. The number of anilines is 1. The van der Waals surface area contributed by atoms with E-state index >= 15 is 0 Å². The molecule has 0 spiro atoms. The van der Waals surface area contributed by atoms with Crippen LogP contribution in [-0.2, 0) is 4.79 Å². The number of H-pyrrole nitrogens is 1. The van der Waals surface area contributed by atoms with E-state index in [1.165, 1.54) is 0 Å². The zero-order chi connectivity index (χ0) is 25.3. The van der Waals surface area contributed by atoms with E-state index in [1.807, 2.05) is 65.0 Å². The summed E-state index contributed by atoms with van der Waals surface area (Å²) in [5.41, 5.74) is 5.95. The molecule has 36 heavy (non-hydrogen) atoms. The number of hydrogen-bond acceptors (Lipinski definition) is 3. The number of fused-ring (bicyclic) bond motifs is 1. The standard InChI is InChI=1S/C28H30N4O3.CH4/c1-15(2)29-28(35)25-16(3)24(30-18(25)5)14-22-21-13-20(11-12-23(21)32-27(22)34)26(33)31-17(4)19-9-7-6-8-10-19;/h6-15,17,30H,1-5H3,(H,29,35)(H,31,33)(H,32,34);1H4/b22-14-;. The molecule has 2 heterocycles. The van der Waals surface area contributed by atoms with Crippen molar-refractivity contribution in [1.29, 1.82) is 0 Å². The van der Waals surface area contributed by atoms with Gasteiger partial charge >= 0.3 is 0 Å². The number of aryl methyl sites for hydroxylation is 1. The van der Waals surface area contributed by atoms with E-state index in [0.717, 1.165) is 16.8 Å². The molecule has 188 valence electrons. The van der Waals surface area contributed by atoms with Crippen LogP contribution >= 0.6 is 0 Å². The van der Waals surface area contributed by atoms with Crippen molar-refractivity contribution in [2.45, 2.75) is 54.1 Å². The van der Waals surface area contributed by atoms with Gasteiger partial charge in [0.2, 0.25) is 0 Å². The number of benzene rings is 2. The summed E-state index contributed by atoms with van der Waals surface area (Å²) in [6.07, 6.45) is 1.74. The third kappa shape index (κ3) is 5.25.